The van der Waals surface area contributed by atoms with Crippen molar-refractivity contribution in [1.82, 2.24) is 4.72 Å². The van der Waals surface area contributed by atoms with E-state index in [1.807, 2.05) is 6.92 Å². The smallest absolute Gasteiger partial charge is 0.280 e. The molecule has 2 rings (SSSR count). The Labute approximate surface area is 155 Å². The molecular weight excluding hydrogens is 405 g/mol. The molecule has 0 radical (unpaired) electrons. The van der Waals surface area contributed by atoms with Crippen LogP contribution < -0.4 is 9.44 Å². The Morgan fingerprint density at radius 1 is 0.815 bits per heavy atom. The number of hydrogen-bond donors (Lipinski definition) is 2. The lowest BCUT2D eigenvalue weighted by Gasteiger charge is -2.11. The maximum absolute atomic E-state index is 12.4. The number of anilines is 1. The highest BCUT2D eigenvalue weighted by atomic mass is 32.2. The van der Waals surface area contributed by atoms with E-state index in [0.717, 1.165) is 35.4 Å². The monoisotopic (exact) mass is 422 g/mol. The van der Waals surface area contributed by atoms with Gasteiger partial charge in [0, 0.05) is 5.69 Å². The Morgan fingerprint density at radius 3 is 1.89 bits per heavy atom. The molecule has 0 atom stereocenters. The predicted molar refractivity (Wildman–Crippen MR) is 94.4 cm³/mol. The van der Waals surface area contributed by atoms with E-state index in [4.69, 9.17) is 0 Å². The van der Waals surface area contributed by atoms with E-state index in [1.165, 1.54) is 16.9 Å². The van der Waals surface area contributed by atoms with E-state index in [1.54, 1.807) is 13.0 Å². The van der Waals surface area contributed by atoms with Gasteiger partial charge in [0.25, 0.3) is 10.0 Å². The van der Waals surface area contributed by atoms with Gasteiger partial charge in [-0.2, -0.15) is 13.2 Å². The third-order valence-electron chi connectivity index (χ3n) is 3.67. The summed E-state index contributed by atoms with van der Waals surface area (Å²) >= 11 is 0. The van der Waals surface area contributed by atoms with Crippen molar-refractivity contribution in [2.45, 2.75) is 29.8 Å². The van der Waals surface area contributed by atoms with Gasteiger partial charge < -0.3 is 0 Å². The summed E-state index contributed by atoms with van der Waals surface area (Å²) in [6.07, 6.45) is -4.69. The molecule has 0 amide bonds. The molecule has 0 saturated heterocycles. The van der Waals surface area contributed by atoms with Crippen LogP contribution in [0.3, 0.4) is 0 Å². The predicted octanol–water partition coefficient (Wildman–Crippen LogP) is 2.94. The zero-order valence-electron chi connectivity index (χ0n) is 14.3. The second kappa shape index (κ2) is 7.49. The lowest BCUT2D eigenvalue weighted by atomic mass is 10.1. The van der Waals surface area contributed by atoms with Crippen LogP contribution in [0, 0.1) is 13.8 Å². The summed E-state index contributed by atoms with van der Waals surface area (Å²) in [5, 5.41) is 0. The molecule has 0 aliphatic heterocycles. The van der Waals surface area contributed by atoms with E-state index in [9.17, 15) is 30.0 Å². The van der Waals surface area contributed by atoms with Crippen molar-refractivity contribution in [1.29, 1.82) is 0 Å². The quantitative estimate of drug-likeness (QED) is 0.749. The number of benzene rings is 2. The molecule has 0 saturated carbocycles. The Kier molecular flexibility index (Phi) is 5.88. The zero-order valence-corrected chi connectivity index (χ0v) is 16.0. The summed E-state index contributed by atoms with van der Waals surface area (Å²) < 4.78 is 88.6. The van der Waals surface area contributed by atoms with Gasteiger partial charge in [-0.05, 0) is 61.4 Å². The number of sulfonamides is 2. The summed E-state index contributed by atoms with van der Waals surface area (Å²) in [5.41, 5.74) is 1.79. The third-order valence-corrected chi connectivity index (χ3v) is 6.46. The molecule has 6 nitrogen and oxygen atoms in total. The van der Waals surface area contributed by atoms with Gasteiger partial charge >= 0.3 is 6.18 Å². The Morgan fingerprint density at radius 2 is 1.37 bits per heavy atom. The Balaban J connectivity index is 2.18. The van der Waals surface area contributed by atoms with Gasteiger partial charge in [-0.3, -0.25) is 4.72 Å². The van der Waals surface area contributed by atoms with Crippen molar-refractivity contribution in [3.63, 3.8) is 0 Å². The molecule has 0 aliphatic carbocycles. The van der Waals surface area contributed by atoms with Crippen LogP contribution >= 0.6 is 0 Å². The number of hydrogen-bond acceptors (Lipinski definition) is 4. The minimum Gasteiger partial charge on any atom is -0.280 e. The lowest BCUT2D eigenvalue weighted by molar-refractivity contribution is -0.121. The van der Waals surface area contributed by atoms with Crippen LogP contribution in [0.25, 0.3) is 0 Å². The minimum atomic E-state index is -4.69. The molecule has 2 aromatic rings. The fraction of sp³-hybridized carbons (Fsp3) is 0.250. The molecule has 2 N–H and O–H groups in total. The first kappa shape index (κ1) is 21.2. The Bertz CT molecular complexity index is 1030. The van der Waals surface area contributed by atoms with Crippen LogP contribution in [0.2, 0.25) is 0 Å². The largest absolute Gasteiger partial charge is 0.402 e. The van der Waals surface area contributed by atoms with Crippen LogP contribution in [-0.2, 0) is 20.0 Å². The highest BCUT2D eigenvalue weighted by Crippen LogP contribution is 2.21. The van der Waals surface area contributed by atoms with Crippen molar-refractivity contribution in [2.75, 3.05) is 11.3 Å². The van der Waals surface area contributed by atoms with E-state index < -0.39 is 37.7 Å². The van der Waals surface area contributed by atoms with Crippen molar-refractivity contribution < 1.29 is 30.0 Å². The van der Waals surface area contributed by atoms with Gasteiger partial charge in [0.2, 0.25) is 10.0 Å². The molecule has 0 spiro atoms. The lowest BCUT2D eigenvalue weighted by Crippen LogP contribution is -2.33. The summed E-state index contributed by atoms with van der Waals surface area (Å²) in [5.74, 6) is 0. The second-order valence-corrected chi connectivity index (χ2v) is 9.27. The number of halogens is 3. The van der Waals surface area contributed by atoms with Crippen molar-refractivity contribution in [3.8, 4) is 0 Å². The van der Waals surface area contributed by atoms with Gasteiger partial charge in [0.15, 0.2) is 0 Å². The SMILES string of the molecule is Cc1ccc(S(=O)(=O)Nc2ccc(S(=O)(=O)NCC(F)(F)F)cc2)cc1C. The minimum absolute atomic E-state index is 0.0362. The summed E-state index contributed by atoms with van der Waals surface area (Å²) in [6.45, 7) is 1.91. The van der Waals surface area contributed by atoms with Crippen molar-refractivity contribution in [3.05, 3.63) is 53.6 Å². The number of aryl methyl sites for hydroxylation is 2. The van der Waals surface area contributed by atoms with E-state index in [-0.39, 0.29) is 10.6 Å². The molecule has 27 heavy (non-hydrogen) atoms. The first-order valence-corrected chi connectivity index (χ1v) is 10.5. The first-order valence-electron chi connectivity index (χ1n) is 7.57. The molecular formula is C16H17F3N2O4S2. The highest BCUT2D eigenvalue weighted by molar-refractivity contribution is 7.92. The summed E-state index contributed by atoms with van der Waals surface area (Å²) in [6, 6.07) is 8.92. The normalized spacial score (nSPS) is 12.8. The topological polar surface area (TPSA) is 92.3 Å². The van der Waals surface area contributed by atoms with Crippen LogP contribution in [-0.4, -0.2) is 29.6 Å². The van der Waals surface area contributed by atoms with Crippen molar-refractivity contribution >= 4 is 25.7 Å². The number of rotatable bonds is 6. The number of nitrogens with one attached hydrogen (secondary N) is 2. The van der Waals surface area contributed by atoms with Gasteiger partial charge in [0.05, 0.1) is 9.79 Å². The van der Waals surface area contributed by atoms with Crippen molar-refractivity contribution in [2.24, 2.45) is 0 Å². The maximum Gasteiger partial charge on any atom is 0.402 e. The van der Waals surface area contributed by atoms with Crippen LogP contribution in [0.15, 0.2) is 52.3 Å². The summed E-state index contributed by atoms with van der Waals surface area (Å²) in [4.78, 5) is -0.380. The highest BCUT2D eigenvalue weighted by Gasteiger charge is 2.30. The molecule has 0 unspecified atom stereocenters. The van der Waals surface area contributed by atoms with Gasteiger partial charge in [-0.15, -0.1) is 0 Å². The van der Waals surface area contributed by atoms with Gasteiger partial charge in [-0.1, -0.05) is 6.07 Å². The molecule has 11 heteroatoms. The second-order valence-electron chi connectivity index (χ2n) is 5.82. The maximum atomic E-state index is 12.4. The molecule has 0 aromatic heterocycles. The average Bonchev–Trinajstić information content (AvgIpc) is 2.55. The zero-order chi connectivity index (χ0) is 20.5. The molecule has 148 valence electrons. The van der Waals surface area contributed by atoms with E-state index in [0.29, 0.717) is 0 Å². The fourth-order valence-corrected chi connectivity index (χ4v) is 4.22. The average molecular weight is 422 g/mol. The fourth-order valence-electron chi connectivity index (χ4n) is 2.06. The molecule has 0 bridgehead atoms. The molecule has 0 heterocycles. The molecule has 0 aliphatic rings. The summed E-state index contributed by atoms with van der Waals surface area (Å²) in [7, 11) is -8.26. The van der Waals surface area contributed by atoms with E-state index in [2.05, 4.69) is 4.72 Å². The van der Waals surface area contributed by atoms with Crippen LogP contribution in [0.4, 0.5) is 18.9 Å². The number of alkyl halides is 3. The van der Waals surface area contributed by atoms with Crippen LogP contribution in [0.1, 0.15) is 11.1 Å². The van der Waals surface area contributed by atoms with Gasteiger partial charge in [0.1, 0.15) is 6.54 Å². The standard InChI is InChI=1S/C16H17F3N2O4S2/c1-11-3-6-15(9-12(11)2)27(24,25)21-13-4-7-14(8-5-13)26(22,23)20-10-16(17,18)19/h3-9,20-21H,10H2,1-2H3. The third kappa shape index (κ3) is 5.68. The van der Waals surface area contributed by atoms with Gasteiger partial charge in [-0.25, -0.2) is 21.6 Å². The van der Waals surface area contributed by atoms with E-state index >= 15 is 0 Å². The first-order chi connectivity index (χ1) is 12.3. The Hall–Kier alpha value is -2.11. The van der Waals surface area contributed by atoms with Crippen LogP contribution in [0.5, 0.6) is 0 Å². The molecule has 2 aromatic carbocycles. The molecule has 0 fully saturated rings.